The van der Waals surface area contributed by atoms with Crippen molar-refractivity contribution in [3.05, 3.63) is 62.8 Å². The highest BCUT2D eigenvalue weighted by molar-refractivity contribution is 7.89. The van der Waals surface area contributed by atoms with Crippen LogP contribution in [-0.4, -0.2) is 56.4 Å². The number of hydrogen-bond acceptors (Lipinski definition) is 5. The van der Waals surface area contributed by atoms with Gasteiger partial charge in [-0.05, 0) is 30.3 Å². The molecule has 0 saturated carbocycles. The van der Waals surface area contributed by atoms with Crippen molar-refractivity contribution in [3.63, 3.8) is 0 Å². The molecule has 1 fully saturated rings. The van der Waals surface area contributed by atoms with Gasteiger partial charge in [0.15, 0.2) is 0 Å². The number of carbonyl (C=O) groups is 1. The number of sulfonamides is 1. The molecule has 0 spiro atoms. The van der Waals surface area contributed by atoms with Crippen LogP contribution in [0, 0.1) is 0 Å². The lowest BCUT2D eigenvalue weighted by atomic mass is 10.2. The van der Waals surface area contributed by atoms with Gasteiger partial charge in [0.1, 0.15) is 4.90 Å². The molecule has 1 aliphatic rings. The molecule has 1 saturated heterocycles. The number of nitrogens with zero attached hydrogens (tertiary/aromatic N) is 2. The summed E-state index contributed by atoms with van der Waals surface area (Å²) in [6.07, 6.45) is 1.62. The summed E-state index contributed by atoms with van der Waals surface area (Å²) in [6, 6.07) is 7.93. The van der Waals surface area contributed by atoms with Crippen LogP contribution in [-0.2, 0) is 21.3 Å². The van der Waals surface area contributed by atoms with E-state index in [1.165, 1.54) is 33.8 Å². The van der Waals surface area contributed by atoms with Crippen molar-refractivity contribution in [1.82, 2.24) is 9.21 Å². The lowest BCUT2D eigenvalue weighted by molar-refractivity contribution is 0.0729. The Hall–Kier alpha value is -1.42. The van der Waals surface area contributed by atoms with Crippen molar-refractivity contribution in [2.75, 3.05) is 32.8 Å². The van der Waals surface area contributed by atoms with E-state index in [-0.39, 0.29) is 34.5 Å². The summed E-state index contributed by atoms with van der Waals surface area (Å²) < 4.78 is 33.2. The second-order valence-corrected chi connectivity index (χ2v) is 10.5. The number of morpholine rings is 1. The van der Waals surface area contributed by atoms with E-state index >= 15 is 0 Å². The molecule has 156 valence electrons. The Morgan fingerprint density at radius 1 is 1.24 bits per heavy atom. The maximum atomic E-state index is 13.1. The number of carbonyl (C=O) groups excluding carboxylic acids is 1. The summed E-state index contributed by atoms with van der Waals surface area (Å²) >= 11 is 13.6. The maximum Gasteiger partial charge on any atom is 0.254 e. The fraction of sp³-hybridized carbons (Fsp3) is 0.316. The van der Waals surface area contributed by atoms with Gasteiger partial charge in [0.05, 0.1) is 29.1 Å². The van der Waals surface area contributed by atoms with Crippen LogP contribution >= 0.6 is 34.5 Å². The van der Waals surface area contributed by atoms with E-state index in [9.17, 15) is 13.2 Å². The van der Waals surface area contributed by atoms with Gasteiger partial charge in [0, 0.05) is 30.1 Å². The molecule has 10 heteroatoms. The average molecular weight is 475 g/mol. The van der Waals surface area contributed by atoms with E-state index in [1.807, 2.05) is 6.07 Å². The average Bonchev–Trinajstić information content (AvgIpc) is 3.13. The number of rotatable bonds is 7. The van der Waals surface area contributed by atoms with E-state index in [0.717, 1.165) is 4.88 Å². The third-order valence-electron chi connectivity index (χ3n) is 4.38. The van der Waals surface area contributed by atoms with Gasteiger partial charge in [0.2, 0.25) is 10.0 Å². The molecule has 0 atom stereocenters. The summed E-state index contributed by atoms with van der Waals surface area (Å²) in [5.41, 5.74) is 0.241. The van der Waals surface area contributed by atoms with Gasteiger partial charge in [-0.1, -0.05) is 29.3 Å². The Balaban J connectivity index is 1.90. The Kier molecular flexibility index (Phi) is 7.37. The zero-order chi connectivity index (χ0) is 21.0. The molecule has 0 aliphatic carbocycles. The normalized spacial score (nSPS) is 15.2. The first-order valence-corrected chi connectivity index (χ1v) is 11.9. The molecule has 29 heavy (non-hydrogen) atoms. The minimum absolute atomic E-state index is 0.0772. The minimum atomic E-state index is -3.83. The van der Waals surface area contributed by atoms with E-state index < -0.39 is 10.0 Å². The van der Waals surface area contributed by atoms with Crippen LogP contribution in [0.3, 0.4) is 0 Å². The zero-order valence-corrected chi connectivity index (χ0v) is 18.7. The van der Waals surface area contributed by atoms with Gasteiger partial charge >= 0.3 is 0 Å². The first kappa shape index (κ1) is 22.3. The van der Waals surface area contributed by atoms with E-state index in [2.05, 4.69) is 6.58 Å². The molecule has 0 unspecified atom stereocenters. The van der Waals surface area contributed by atoms with Crippen molar-refractivity contribution >= 4 is 50.5 Å². The monoisotopic (exact) mass is 474 g/mol. The predicted molar refractivity (Wildman–Crippen MR) is 115 cm³/mol. The van der Waals surface area contributed by atoms with Crippen molar-refractivity contribution in [1.29, 1.82) is 0 Å². The summed E-state index contributed by atoms with van der Waals surface area (Å²) in [6.45, 7) is 5.50. The van der Waals surface area contributed by atoms with E-state index in [4.69, 9.17) is 27.9 Å². The van der Waals surface area contributed by atoms with Gasteiger partial charge in [-0.15, -0.1) is 17.9 Å². The standard InChI is InChI=1S/C19H20Cl2N2O4S2/c1-2-7-22(13-15-4-6-18(21)28-15)19(24)14-3-5-16(20)17(12-14)29(25,26)23-8-10-27-11-9-23/h2-6,12H,1,7-11,13H2. The summed E-state index contributed by atoms with van der Waals surface area (Å²) in [5.74, 6) is -0.315. The number of amides is 1. The summed E-state index contributed by atoms with van der Waals surface area (Å²) in [7, 11) is -3.83. The Morgan fingerprint density at radius 3 is 2.59 bits per heavy atom. The van der Waals surface area contributed by atoms with Gasteiger partial charge in [-0.2, -0.15) is 4.31 Å². The van der Waals surface area contributed by atoms with Gasteiger partial charge in [-0.25, -0.2) is 8.42 Å². The van der Waals surface area contributed by atoms with Crippen LogP contribution in [0.1, 0.15) is 15.2 Å². The summed E-state index contributed by atoms with van der Waals surface area (Å²) in [4.78, 5) is 15.5. The third-order valence-corrected chi connectivity index (χ3v) is 7.97. The first-order valence-electron chi connectivity index (χ1n) is 8.85. The molecule has 0 bridgehead atoms. The van der Waals surface area contributed by atoms with Gasteiger partial charge in [-0.3, -0.25) is 4.79 Å². The minimum Gasteiger partial charge on any atom is -0.379 e. The number of benzene rings is 1. The second kappa shape index (κ2) is 9.59. The van der Waals surface area contributed by atoms with Crippen LogP contribution in [0.25, 0.3) is 0 Å². The lowest BCUT2D eigenvalue weighted by Gasteiger charge is -2.27. The molecule has 1 aliphatic heterocycles. The summed E-state index contributed by atoms with van der Waals surface area (Å²) in [5, 5.41) is 0.0772. The molecule has 0 radical (unpaired) electrons. The fourth-order valence-corrected chi connectivity index (χ4v) is 5.95. The topological polar surface area (TPSA) is 66.9 Å². The quantitative estimate of drug-likeness (QED) is 0.570. The Bertz CT molecular complexity index is 1000. The first-order chi connectivity index (χ1) is 13.8. The number of ether oxygens (including phenoxy) is 1. The molecule has 6 nitrogen and oxygen atoms in total. The molecule has 2 aromatic rings. The highest BCUT2D eigenvalue weighted by atomic mass is 35.5. The number of hydrogen-bond donors (Lipinski definition) is 0. The fourth-order valence-electron chi connectivity index (χ4n) is 2.94. The molecular weight excluding hydrogens is 455 g/mol. The van der Waals surface area contributed by atoms with Crippen LogP contribution < -0.4 is 0 Å². The highest BCUT2D eigenvalue weighted by Gasteiger charge is 2.29. The largest absolute Gasteiger partial charge is 0.379 e. The Labute approximate surface area is 184 Å². The molecule has 0 N–H and O–H groups in total. The van der Waals surface area contributed by atoms with E-state index in [1.54, 1.807) is 17.0 Å². The van der Waals surface area contributed by atoms with Crippen LogP contribution in [0.2, 0.25) is 9.36 Å². The molecule has 3 rings (SSSR count). The van der Waals surface area contributed by atoms with Crippen molar-refractivity contribution in [3.8, 4) is 0 Å². The van der Waals surface area contributed by atoms with Crippen LogP contribution in [0.5, 0.6) is 0 Å². The zero-order valence-electron chi connectivity index (χ0n) is 15.5. The number of halogens is 2. The predicted octanol–water partition coefficient (Wildman–Crippen LogP) is 3.90. The highest BCUT2D eigenvalue weighted by Crippen LogP contribution is 2.28. The molecular formula is C19H20Cl2N2O4S2. The second-order valence-electron chi connectivity index (χ2n) is 6.34. The molecule has 2 heterocycles. The smallest absolute Gasteiger partial charge is 0.254 e. The van der Waals surface area contributed by atoms with Gasteiger partial charge < -0.3 is 9.64 Å². The lowest BCUT2D eigenvalue weighted by Crippen LogP contribution is -2.40. The molecule has 1 amide bonds. The van der Waals surface area contributed by atoms with Crippen LogP contribution in [0.15, 0.2) is 47.9 Å². The van der Waals surface area contributed by atoms with Crippen molar-refractivity contribution in [2.45, 2.75) is 11.4 Å². The molecule has 1 aromatic heterocycles. The molecule has 1 aromatic carbocycles. The Morgan fingerprint density at radius 2 is 1.97 bits per heavy atom. The van der Waals surface area contributed by atoms with Gasteiger partial charge in [0.25, 0.3) is 5.91 Å². The van der Waals surface area contributed by atoms with Crippen LogP contribution in [0.4, 0.5) is 0 Å². The maximum absolute atomic E-state index is 13.1. The number of thiophene rings is 1. The van der Waals surface area contributed by atoms with Crippen molar-refractivity contribution in [2.24, 2.45) is 0 Å². The van der Waals surface area contributed by atoms with E-state index in [0.29, 0.717) is 30.6 Å². The SMILES string of the molecule is C=CCN(Cc1ccc(Cl)s1)C(=O)c1ccc(Cl)c(S(=O)(=O)N2CCOCC2)c1. The van der Waals surface area contributed by atoms with Crippen molar-refractivity contribution < 1.29 is 17.9 Å². The third kappa shape index (κ3) is 5.20.